The Kier molecular flexibility index (Phi) is 4.73. The van der Waals surface area contributed by atoms with Crippen molar-refractivity contribution in [1.82, 2.24) is 0 Å². The monoisotopic (exact) mass is 298 g/mol. The van der Waals surface area contributed by atoms with Crippen LogP contribution >= 0.6 is 11.6 Å². The Balaban J connectivity index is 2.18. The van der Waals surface area contributed by atoms with Gasteiger partial charge in [0.05, 0.1) is 30.8 Å². The number of halogens is 1. The smallest absolute Gasteiger partial charge is 0.229 e. The van der Waals surface area contributed by atoms with Crippen molar-refractivity contribution in [3.8, 4) is 11.5 Å². The number of anilines is 1. The molecule has 2 atom stereocenters. The fourth-order valence-electron chi connectivity index (χ4n) is 2.49. The Bertz CT molecular complexity index is 507. The molecule has 2 rings (SSSR count). The van der Waals surface area contributed by atoms with Crippen LogP contribution in [-0.4, -0.2) is 26.2 Å². The molecule has 0 radical (unpaired) electrons. The molecule has 1 aromatic rings. The van der Waals surface area contributed by atoms with Crippen molar-refractivity contribution >= 4 is 23.2 Å². The minimum absolute atomic E-state index is 0.0751. The van der Waals surface area contributed by atoms with Gasteiger partial charge < -0.3 is 20.5 Å². The average Bonchev–Trinajstić information content (AvgIpc) is 2.86. The molecule has 1 aliphatic carbocycles. The van der Waals surface area contributed by atoms with E-state index in [1.807, 2.05) is 0 Å². The maximum Gasteiger partial charge on any atom is 0.229 e. The van der Waals surface area contributed by atoms with E-state index in [0.29, 0.717) is 22.2 Å². The highest BCUT2D eigenvalue weighted by Crippen LogP contribution is 2.36. The topological polar surface area (TPSA) is 73.6 Å². The number of carbonyl (C=O) groups excluding carboxylic acids is 1. The number of rotatable bonds is 4. The normalized spacial score (nSPS) is 21.6. The predicted octanol–water partition coefficient (Wildman–Crippen LogP) is 2.42. The zero-order valence-corrected chi connectivity index (χ0v) is 12.4. The third kappa shape index (κ3) is 2.99. The van der Waals surface area contributed by atoms with Crippen molar-refractivity contribution in [3.63, 3.8) is 0 Å². The number of nitrogens with two attached hydrogens (primary N) is 1. The van der Waals surface area contributed by atoms with Gasteiger partial charge in [0.15, 0.2) is 11.5 Å². The van der Waals surface area contributed by atoms with Gasteiger partial charge in [0.2, 0.25) is 5.91 Å². The zero-order chi connectivity index (χ0) is 14.7. The molecule has 1 fully saturated rings. The van der Waals surface area contributed by atoms with Crippen LogP contribution in [0.4, 0.5) is 5.69 Å². The van der Waals surface area contributed by atoms with E-state index in [-0.39, 0.29) is 17.9 Å². The quantitative estimate of drug-likeness (QED) is 0.895. The Morgan fingerprint density at radius 1 is 1.30 bits per heavy atom. The molecule has 0 aliphatic heterocycles. The molecule has 1 amide bonds. The number of carbonyl (C=O) groups is 1. The molecular weight excluding hydrogens is 280 g/mol. The van der Waals surface area contributed by atoms with Crippen LogP contribution in [0.25, 0.3) is 0 Å². The first kappa shape index (κ1) is 14.9. The molecule has 6 heteroatoms. The number of nitrogens with one attached hydrogen (secondary N) is 1. The number of methoxy groups -OCH3 is 2. The van der Waals surface area contributed by atoms with Gasteiger partial charge in [0.1, 0.15) is 0 Å². The summed E-state index contributed by atoms with van der Waals surface area (Å²) in [5.74, 6) is 0.791. The maximum absolute atomic E-state index is 12.2. The molecule has 20 heavy (non-hydrogen) atoms. The van der Waals surface area contributed by atoms with E-state index in [0.717, 1.165) is 19.3 Å². The summed E-state index contributed by atoms with van der Waals surface area (Å²) in [6, 6.07) is 3.19. The molecule has 0 heterocycles. The highest BCUT2D eigenvalue weighted by atomic mass is 35.5. The highest BCUT2D eigenvalue weighted by molar-refractivity contribution is 6.34. The van der Waals surface area contributed by atoms with Crippen molar-refractivity contribution < 1.29 is 14.3 Å². The number of amides is 1. The molecule has 0 spiro atoms. The first-order valence-corrected chi connectivity index (χ1v) is 6.92. The third-order valence-corrected chi connectivity index (χ3v) is 3.95. The Hall–Kier alpha value is -1.46. The summed E-state index contributed by atoms with van der Waals surface area (Å²) in [4.78, 5) is 12.2. The number of hydrogen-bond donors (Lipinski definition) is 2. The van der Waals surface area contributed by atoms with Gasteiger partial charge in [-0.2, -0.15) is 0 Å². The van der Waals surface area contributed by atoms with Gasteiger partial charge in [-0.1, -0.05) is 18.0 Å². The molecule has 2 unspecified atom stereocenters. The molecule has 1 aliphatic rings. The average molecular weight is 299 g/mol. The van der Waals surface area contributed by atoms with Crippen LogP contribution in [0.15, 0.2) is 12.1 Å². The summed E-state index contributed by atoms with van der Waals surface area (Å²) in [6.45, 7) is 0. The zero-order valence-electron chi connectivity index (χ0n) is 11.6. The molecule has 1 saturated carbocycles. The second-order valence-corrected chi connectivity index (χ2v) is 5.28. The van der Waals surface area contributed by atoms with Crippen LogP contribution in [0.3, 0.4) is 0 Å². The molecular formula is C14H19ClN2O3. The van der Waals surface area contributed by atoms with Crippen molar-refractivity contribution in [2.75, 3.05) is 19.5 Å². The van der Waals surface area contributed by atoms with Gasteiger partial charge in [0.25, 0.3) is 0 Å². The van der Waals surface area contributed by atoms with E-state index >= 15 is 0 Å². The Morgan fingerprint density at radius 3 is 2.50 bits per heavy atom. The van der Waals surface area contributed by atoms with E-state index in [9.17, 15) is 4.79 Å². The molecule has 1 aromatic carbocycles. The molecule has 5 nitrogen and oxygen atoms in total. The number of hydrogen-bond acceptors (Lipinski definition) is 4. The highest BCUT2D eigenvalue weighted by Gasteiger charge is 2.30. The van der Waals surface area contributed by atoms with Crippen LogP contribution in [0.1, 0.15) is 19.3 Å². The van der Waals surface area contributed by atoms with E-state index in [1.54, 1.807) is 12.1 Å². The molecule has 0 bridgehead atoms. The summed E-state index contributed by atoms with van der Waals surface area (Å²) in [7, 11) is 3.06. The Labute approximate surface area is 123 Å². The second kappa shape index (κ2) is 6.33. The lowest BCUT2D eigenvalue weighted by Crippen LogP contribution is -2.34. The summed E-state index contributed by atoms with van der Waals surface area (Å²) in [5.41, 5.74) is 6.44. The SMILES string of the molecule is COc1cc(Cl)c(NC(=O)C2CCCC2N)cc1OC. The maximum atomic E-state index is 12.2. The molecule has 3 N–H and O–H groups in total. The van der Waals surface area contributed by atoms with Crippen LogP contribution in [0.2, 0.25) is 5.02 Å². The van der Waals surface area contributed by atoms with E-state index in [4.69, 9.17) is 26.8 Å². The number of benzene rings is 1. The molecule has 110 valence electrons. The fraction of sp³-hybridized carbons (Fsp3) is 0.500. The van der Waals surface area contributed by atoms with E-state index in [2.05, 4.69) is 5.32 Å². The predicted molar refractivity (Wildman–Crippen MR) is 78.5 cm³/mol. The van der Waals surface area contributed by atoms with Crippen molar-refractivity contribution in [1.29, 1.82) is 0 Å². The second-order valence-electron chi connectivity index (χ2n) is 4.88. The van der Waals surface area contributed by atoms with Crippen LogP contribution in [0, 0.1) is 5.92 Å². The van der Waals surface area contributed by atoms with Gasteiger partial charge in [-0.15, -0.1) is 0 Å². The standard InChI is InChI=1S/C14H19ClN2O3/c1-19-12-6-9(15)11(7-13(12)20-2)17-14(18)8-4-3-5-10(8)16/h6-8,10H,3-5,16H2,1-2H3,(H,17,18). The summed E-state index contributed by atoms with van der Waals surface area (Å²) in [6.07, 6.45) is 2.69. The largest absolute Gasteiger partial charge is 0.493 e. The minimum Gasteiger partial charge on any atom is -0.493 e. The third-order valence-electron chi connectivity index (χ3n) is 3.64. The van der Waals surface area contributed by atoms with Gasteiger partial charge >= 0.3 is 0 Å². The fourth-order valence-corrected chi connectivity index (χ4v) is 2.69. The van der Waals surface area contributed by atoms with Crippen LogP contribution in [0.5, 0.6) is 11.5 Å². The van der Waals surface area contributed by atoms with Gasteiger partial charge in [-0.25, -0.2) is 0 Å². The molecule has 0 aromatic heterocycles. The van der Waals surface area contributed by atoms with E-state index in [1.165, 1.54) is 14.2 Å². The lowest BCUT2D eigenvalue weighted by Gasteiger charge is -2.17. The first-order chi connectivity index (χ1) is 9.56. The lowest BCUT2D eigenvalue weighted by atomic mass is 10.0. The van der Waals surface area contributed by atoms with Gasteiger partial charge in [-0.05, 0) is 12.8 Å². The summed E-state index contributed by atoms with van der Waals surface area (Å²) < 4.78 is 10.4. The van der Waals surface area contributed by atoms with Crippen molar-refractivity contribution in [2.24, 2.45) is 11.7 Å². The van der Waals surface area contributed by atoms with Crippen LogP contribution in [-0.2, 0) is 4.79 Å². The molecule has 0 saturated heterocycles. The first-order valence-electron chi connectivity index (χ1n) is 6.54. The lowest BCUT2D eigenvalue weighted by molar-refractivity contribution is -0.120. The summed E-state index contributed by atoms with van der Waals surface area (Å²) in [5, 5.41) is 3.23. The number of ether oxygens (including phenoxy) is 2. The minimum atomic E-state index is -0.154. The Morgan fingerprint density at radius 2 is 1.95 bits per heavy atom. The van der Waals surface area contributed by atoms with E-state index < -0.39 is 0 Å². The van der Waals surface area contributed by atoms with Crippen molar-refractivity contribution in [2.45, 2.75) is 25.3 Å². The van der Waals surface area contributed by atoms with Crippen LogP contribution < -0.4 is 20.5 Å². The van der Waals surface area contributed by atoms with Crippen molar-refractivity contribution in [3.05, 3.63) is 17.2 Å². The van der Waals surface area contributed by atoms with Gasteiger partial charge in [-0.3, -0.25) is 4.79 Å². The summed E-state index contributed by atoms with van der Waals surface area (Å²) >= 11 is 6.14. The van der Waals surface area contributed by atoms with Gasteiger partial charge in [0, 0.05) is 18.2 Å².